The lowest BCUT2D eigenvalue weighted by molar-refractivity contribution is -0.118. The van der Waals surface area contributed by atoms with E-state index in [9.17, 15) is 13.2 Å². The molecular formula is C25H26Cl2N2O3S2. The summed E-state index contributed by atoms with van der Waals surface area (Å²) in [5.41, 5.74) is 2.65. The van der Waals surface area contributed by atoms with Gasteiger partial charge in [-0.1, -0.05) is 54.4 Å². The van der Waals surface area contributed by atoms with Gasteiger partial charge in [0, 0.05) is 37.2 Å². The summed E-state index contributed by atoms with van der Waals surface area (Å²) in [7, 11) is -1.46. The van der Waals surface area contributed by atoms with Crippen molar-refractivity contribution in [1.29, 1.82) is 0 Å². The van der Waals surface area contributed by atoms with Crippen LogP contribution in [0.15, 0.2) is 47.4 Å². The van der Waals surface area contributed by atoms with Crippen LogP contribution in [0.1, 0.15) is 46.0 Å². The van der Waals surface area contributed by atoms with Crippen molar-refractivity contribution in [1.82, 2.24) is 9.88 Å². The van der Waals surface area contributed by atoms with Gasteiger partial charge in [-0.2, -0.15) is 0 Å². The zero-order valence-corrected chi connectivity index (χ0v) is 22.2. The Hall–Kier alpha value is -1.77. The van der Waals surface area contributed by atoms with E-state index in [2.05, 4.69) is 16.9 Å². The van der Waals surface area contributed by atoms with E-state index < -0.39 is 9.84 Å². The number of Topliss-reactive ketones (excluding diaryl/α,β-unsaturated/α-hetero) is 1. The van der Waals surface area contributed by atoms with Crippen LogP contribution in [0.2, 0.25) is 10.0 Å². The predicted octanol–water partition coefficient (Wildman–Crippen LogP) is 5.72. The first-order chi connectivity index (χ1) is 16.1. The zero-order valence-electron chi connectivity index (χ0n) is 19.1. The van der Waals surface area contributed by atoms with E-state index in [-0.39, 0.29) is 28.8 Å². The molecule has 0 saturated carbocycles. The minimum atomic E-state index is -3.51. The monoisotopic (exact) mass is 536 g/mol. The fourth-order valence-corrected chi connectivity index (χ4v) is 7.44. The van der Waals surface area contributed by atoms with Crippen molar-refractivity contribution in [2.24, 2.45) is 0 Å². The molecule has 0 bridgehead atoms. The molecule has 1 unspecified atom stereocenters. The molecule has 0 radical (unpaired) electrons. The Bertz CT molecular complexity index is 1300. The van der Waals surface area contributed by atoms with E-state index >= 15 is 0 Å². The van der Waals surface area contributed by atoms with Crippen LogP contribution in [0.3, 0.4) is 0 Å². The lowest BCUT2D eigenvalue weighted by atomic mass is 9.93. The van der Waals surface area contributed by atoms with Gasteiger partial charge in [0.25, 0.3) is 0 Å². The number of hydrogen-bond acceptors (Lipinski definition) is 6. The number of halogens is 2. The molecule has 0 spiro atoms. The Balaban J connectivity index is 1.38. The molecule has 0 N–H and O–H groups in total. The van der Waals surface area contributed by atoms with Gasteiger partial charge in [0.15, 0.2) is 9.84 Å². The molecule has 3 aromatic rings. The number of hydrogen-bond donors (Lipinski definition) is 0. The summed E-state index contributed by atoms with van der Waals surface area (Å²) < 4.78 is 25.9. The van der Waals surface area contributed by atoms with Crippen molar-refractivity contribution in [3.05, 3.63) is 79.2 Å². The second kappa shape index (κ2) is 10.5. The lowest BCUT2D eigenvalue weighted by Crippen LogP contribution is -2.25. The van der Waals surface area contributed by atoms with Crippen LogP contribution in [-0.2, 0) is 39.8 Å². The summed E-state index contributed by atoms with van der Waals surface area (Å²) in [6, 6.07) is 12.0. The number of likely N-dealkylation sites (N-methyl/N-ethyl adjacent to an activating group) is 1. The molecule has 0 aliphatic carbocycles. The maximum Gasteiger partial charge on any atom is 0.184 e. The van der Waals surface area contributed by atoms with E-state index in [1.807, 2.05) is 19.1 Å². The van der Waals surface area contributed by atoms with Gasteiger partial charge < -0.3 is 4.90 Å². The maximum atomic E-state index is 12.9. The van der Waals surface area contributed by atoms with Crippen molar-refractivity contribution in [2.75, 3.05) is 13.6 Å². The van der Waals surface area contributed by atoms with Crippen LogP contribution in [0.4, 0.5) is 0 Å². The second-order valence-corrected chi connectivity index (χ2v) is 12.8. The van der Waals surface area contributed by atoms with E-state index in [0.29, 0.717) is 21.5 Å². The Labute approximate surface area is 214 Å². The number of carbonyl (C=O) groups excluding carboxylic acids is 1. The highest BCUT2D eigenvalue weighted by atomic mass is 35.5. The Kier molecular flexibility index (Phi) is 7.79. The SMILES string of the molecule is CC(CC(=O)Cc1ccc(S(=O)(=O)Cc2nc3c(s2)CN(C)CC3)cc1)c1cccc(Cl)c1Cl. The number of ketones is 1. The third-order valence-electron chi connectivity index (χ3n) is 6.01. The quantitative estimate of drug-likeness (QED) is 0.368. The van der Waals surface area contributed by atoms with Crippen LogP contribution >= 0.6 is 34.5 Å². The summed E-state index contributed by atoms with van der Waals surface area (Å²) in [6.45, 7) is 3.70. The zero-order chi connectivity index (χ0) is 24.5. The first kappa shape index (κ1) is 25.3. The van der Waals surface area contributed by atoms with E-state index in [1.54, 1.807) is 30.3 Å². The number of nitrogens with zero attached hydrogens (tertiary/aromatic N) is 2. The molecule has 0 fully saturated rings. The molecule has 1 atom stereocenters. The van der Waals surface area contributed by atoms with Crippen LogP contribution in [0.25, 0.3) is 0 Å². The second-order valence-electron chi connectivity index (χ2n) is 8.83. The third-order valence-corrected chi connectivity index (χ3v) is 9.75. The Morgan fingerprint density at radius 3 is 2.65 bits per heavy atom. The number of benzene rings is 2. The molecule has 2 aromatic carbocycles. The smallest absolute Gasteiger partial charge is 0.184 e. The summed E-state index contributed by atoms with van der Waals surface area (Å²) >= 11 is 13.9. The van der Waals surface area contributed by atoms with Crippen molar-refractivity contribution in [2.45, 2.75) is 49.3 Å². The molecule has 180 valence electrons. The average molecular weight is 538 g/mol. The largest absolute Gasteiger partial charge is 0.301 e. The molecule has 5 nitrogen and oxygen atoms in total. The Morgan fingerprint density at radius 1 is 1.18 bits per heavy atom. The van der Waals surface area contributed by atoms with Crippen molar-refractivity contribution in [3.8, 4) is 0 Å². The molecule has 34 heavy (non-hydrogen) atoms. The molecule has 2 heterocycles. The minimum absolute atomic E-state index is 0.0532. The predicted molar refractivity (Wildman–Crippen MR) is 138 cm³/mol. The number of fused-ring (bicyclic) bond motifs is 1. The molecular weight excluding hydrogens is 511 g/mol. The Morgan fingerprint density at radius 2 is 1.91 bits per heavy atom. The standard InChI is InChI=1S/C25H26Cl2N2O3S2/c1-16(20-4-3-5-21(26)25(20)27)12-18(30)13-17-6-8-19(9-7-17)34(31,32)15-24-28-22-10-11-29(2)14-23(22)33-24/h3-9,16H,10-15H2,1-2H3. The highest BCUT2D eigenvalue weighted by Gasteiger charge is 2.23. The molecule has 9 heteroatoms. The molecule has 0 saturated heterocycles. The highest BCUT2D eigenvalue weighted by molar-refractivity contribution is 7.90. The van der Waals surface area contributed by atoms with Gasteiger partial charge in [0.1, 0.15) is 16.5 Å². The van der Waals surface area contributed by atoms with E-state index in [4.69, 9.17) is 23.2 Å². The topological polar surface area (TPSA) is 67.3 Å². The fraction of sp³-hybridized carbons (Fsp3) is 0.360. The van der Waals surface area contributed by atoms with Gasteiger partial charge >= 0.3 is 0 Å². The number of aromatic nitrogens is 1. The molecule has 0 amide bonds. The molecule has 1 aliphatic rings. The van der Waals surface area contributed by atoms with E-state index in [0.717, 1.165) is 41.2 Å². The molecule has 4 rings (SSSR count). The van der Waals surface area contributed by atoms with Gasteiger partial charge in [-0.15, -0.1) is 11.3 Å². The fourth-order valence-electron chi connectivity index (χ4n) is 4.15. The number of thiazole rings is 1. The van der Waals surface area contributed by atoms with Gasteiger partial charge in [0.2, 0.25) is 0 Å². The number of rotatable bonds is 8. The van der Waals surface area contributed by atoms with Gasteiger partial charge in [0.05, 0.1) is 20.6 Å². The summed E-state index contributed by atoms with van der Waals surface area (Å²) in [5, 5.41) is 1.58. The van der Waals surface area contributed by atoms with Gasteiger partial charge in [-0.3, -0.25) is 4.79 Å². The van der Waals surface area contributed by atoms with Gasteiger partial charge in [-0.25, -0.2) is 13.4 Å². The highest BCUT2D eigenvalue weighted by Crippen LogP contribution is 2.33. The van der Waals surface area contributed by atoms with Gasteiger partial charge in [-0.05, 0) is 42.3 Å². The molecule has 1 aromatic heterocycles. The normalized spacial score (nSPS) is 15.2. The van der Waals surface area contributed by atoms with Crippen molar-refractivity contribution >= 4 is 50.2 Å². The summed E-state index contributed by atoms with van der Waals surface area (Å²) in [6.07, 6.45) is 1.41. The van der Waals surface area contributed by atoms with Crippen LogP contribution < -0.4 is 0 Å². The van der Waals surface area contributed by atoms with E-state index in [1.165, 1.54) is 11.3 Å². The van der Waals surface area contributed by atoms with Crippen molar-refractivity contribution < 1.29 is 13.2 Å². The maximum absolute atomic E-state index is 12.9. The first-order valence-corrected chi connectivity index (χ1v) is 14.3. The third kappa shape index (κ3) is 5.89. The summed E-state index contributed by atoms with van der Waals surface area (Å²) in [4.78, 5) is 20.8. The van der Waals surface area contributed by atoms with Crippen LogP contribution in [0, 0.1) is 0 Å². The minimum Gasteiger partial charge on any atom is -0.301 e. The van der Waals surface area contributed by atoms with Crippen molar-refractivity contribution in [3.63, 3.8) is 0 Å². The number of carbonyl (C=O) groups is 1. The average Bonchev–Trinajstić information content (AvgIpc) is 3.16. The number of sulfone groups is 1. The molecule has 1 aliphatic heterocycles. The van der Waals surface area contributed by atoms with Crippen LogP contribution in [-0.4, -0.2) is 37.7 Å². The first-order valence-electron chi connectivity index (χ1n) is 11.1. The lowest BCUT2D eigenvalue weighted by Gasteiger charge is -2.20. The van der Waals surface area contributed by atoms with Crippen LogP contribution in [0.5, 0.6) is 0 Å². The summed E-state index contributed by atoms with van der Waals surface area (Å²) in [5.74, 6) is -0.121.